The van der Waals surface area contributed by atoms with Crippen LogP contribution in [-0.2, 0) is 9.59 Å². The van der Waals surface area contributed by atoms with Crippen molar-refractivity contribution >= 4 is 11.8 Å². The number of rotatable bonds is 5. The zero-order chi connectivity index (χ0) is 13.5. The SMILES string of the molecule is CC(C)CNC(=O)C(C)NC(=O)[C@@H]1CCCCN1. The molecule has 1 aliphatic rings. The van der Waals surface area contributed by atoms with Crippen molar-refractivity contribution in [1.29, 1.82) is 0 Å². The van der Waals surface area contributed by atoms with E-state index in [-0.39, 0.29) is 17.9 Å². The monoisotopic (exact) mass is 255 g/mol. The van der Waals surface area contributed by atoms with Gasteiger partial charge < -0.3 is 16.0 Å². The maximum absolute atomic E-state index is 11.9. The first-order valence-corrected chi connectivity index (χ1v) is 6.82. The van der Waals surface area contributed by atoms with E-state index in [0.717, 1.165) is 25.8 Å². The second-order valence-corrected chi connectivity index (χ2v) is 5.37. The number of nitrogens with one attached hydrogen (secondary N) is 3. The van der Waals surface area contributed by atoms with Gasteiger partial charge >= 0.3 is 0 Å². The molecule has 0 aliphatic carbocycles. The van der Waals surface area contributed by atoms with Crippen LogP contribution >= 0.6 is 0 Å². The zero-order valence-electron chi connectivity index (χ0n) is 11.6. The molecule has 0 aromatic rings. The Morgan fingerprint density at radius 1 is 1.28 bits per heavy atom. The molecular weight excluding hydrogens is 230 g/mol. The maximum Gasteiger partial charge on any atom is 0.242 e. The van der Waals surface area contributed by atoms with Gasteiger partial charge in [0.25, 0.3) is 0 Å². The summed E-state index contributed by atoms with van der Waals surface area (Å²) in [6.45, 7) is 7.31. The molecule has 2 atom stereocenters. The van der Waals surface area contributed by atoms with E-state index in [1.165, 1.54) is 0 Å². The molecule has 3 N–H and O–H groups in total. The minimum absolute atomic E-state index is 0.0677. The third-order valence-electron chi connectivity index (χ3n) is 3.06. The van der Waals surface area contributed by atoms with E-state index >= 15 is 0 Å². The lowest BCUT2D eigenvalue weighted by Gasteiger charge is -2.24. The van der Waals surface area contributed by atoms with Gasteiger partial charge in [0, 0.05) is 6.54 Å². The topological polar surface area (TPSA) is 70.2 Å². The summed E-state index contributed by atoms with van der Waals surface area (Å²) in [5.41, 5.74) is 0. The highest BCUT2D eigenvalue weighted by Crippen LogP contribution is 2.07. The average Bonchev–Trinajstić information content (AvgIpc) is 2.36. The van der Waals surface area contributed by atoms with E-state index in [9.17, 15) is 9.59 Å². The Hall–Kier alpha value is -1.10. The molecule has 0 bridgehead atoms. The molecule has 1 fully saturated rings. The number of amides is 2. The van der Waals surface area contributed by atoms with Crippen molar-refractivity contribution in [3.63, 3.8) is 0 Å². The van der Waals surface area contributed by atoms with E-state index in [4.69, 9.17) is 0 Å². The third-order valence-corrected chi connectivity index (χ3v) is 3.06. The number of carbonyl (C=O) groups excluding carboxylic acids is 2. The van der Waals surface area contributed by atoms with Gasteiger partial charge in [-0.15, -0.1) is 0 Å². The van der Waals surface area contributed by atoms with Crippen LogP contribution in [0, 0.1) is 5.92 Å². The quantitative estimate of drug-likeness (QED) is 0.666. The molecule has 0 aromatic carbocycles. The first kappa shape index (κ1) is 15.0. The van der Waals surface area contributed by atoms with Crippen LogP contribution in [0.1, 0.15) is 40.0 Å². The molecule has 5 nitrogen and oxygen atoms in total. The summed E-state index contributed by atoms with van der Waals surface area (Å²) < 4.78 is 0. The number of piperidine rings is 1. The first-order chi connectivity index (χ1) is 8.50. The minimum Gasteiger partial charge on any atom is -0.354 e. The molecule has 1 rings (SSSR count). The highest BCUT2D eigenvalue weighted by atomic mass is 16.2. The molecule has 0 aromatic heterocycles. The maximum atomic E-state index is 11.9. The van der Waals surface area contributed by atoms with Gasteiger partial charge in [0.2, 0.25) is 11.8 Å². The fourth-order valence-corrected chi connectivity index (χ4v) is 1.91. The van der Waals surface area contributed by atoms with E-state index in [0.29, 0.717) is 12.5 Å². The summed E-state index contributed by atoms with van der Waals surface area (Å²) in [6, 6.07) is -0.612. The molecule has 0 saturated carbocycles. The second-order valence-electron chi connectivity index (χ2n) is 5.37. The molecule has 1 unspecified atom stereocenters. The Morgan fingerprint density at radius 2 is 2.00 bits per heavy atom. The van der Waals surface area contributed by atoms with Crippen molar-refractivity contribution in [3.8, 4) is 0 Å². The fourth-order valence-electron chi connectivity index (χ4n) is 1.91. The van der Waals surface area contributed by atoms with Gasteiger partial charge in [-0.3, -0.25) is 9.59 Å². The van der Waals surface area contributed by atoms with Crippen LogP contribution < -0.4 is 16.0 Å². The Bertz CT molecular complexity index is 286. The smallest absolute Gasteiger partial charge is 0.242 e. The summed E-state index contributed by atoms with van der Waals surface area (Å²) in [5.74, 6) is 0.228. The lowest BCUT2D eigenvalue weighted by Crippen LogP contribution is -2.53. The lowest BCUT2D eigenvalue weighted by molar-refractivity contribution is -0.130. The molecule has 1 heterocycles. The molecule has 0 radical (unpaired) electrons. The summed E-state index contributed by atoms with van der Waals surface area (Å²) >= 11 is 0. The Morgan fingerprint density at radius 3 is 2.56 bits per heavy atom. The molecule has 5 heteroatoms. The largest absolute Gasteiger partial charge is 0.354 e. The molecular formula is C13H25N3O2. The van der Waals surface area contributed by atoms with Crippen molar-refractivity contribution in [2.24, 2.45) is 5.92 Å². The van der Waals surface area contributed by atoms with Crippen molar-refractivity contribution in [1.82, 2.24) is 16.0 Å². The van der Waals surface area contributed by atoms with E-state index in [1.807, 2.05) is 13.8 Å². The van der Waals surface area contributed by atoms with Crippen LogP contribution in [0.2, 0.25) is 0 Å². The molecule has 104 valence electrons. The van der Waals surface area contributed by atoms with Crippen molar-refractivity contribution in [3.05, 3.63) is 0 Å². The average molecular weight is 255 g/mol. The van der Waals surface area contributed by atoms with E-state index < -0.39 is 6.04 Å². The zero-order valence-corrected chi connectivity index (χ0v) is 11.6. The number of carbonyl (C=O) groups is 2. The van der Waals surface area contributed by atoms with Gasteiger partial charge in [0.1, 0.15) is 6.04 Å². The van der Waals surface area contributed by atoms with Crippen LogP contribution in [0.25, 0.3) is 0 Å². The Labute approximate surface area is 109 Å². The Balaban J connectivity index is 2.31. The molecule has 2 amide bonds. The first-order valence-electron chi connectivity index (χ1n) is 6.82. The highest BCUT2D eigenvalue weighted by molar-refractivity contribution is 5.89. The van der Waals surface area contributed by atoms with Crippen LogP contribution in [0.3, 0.4) is 0 Å². The summed E-state index contributed by atoms with van der Waals surface area (Å²) in [5, 5.41) is 8.75. The normalized spacial score (nSPS) is 21.4. The highest BCUT2D eigenvalue weighted by Gasteiger charge is 2.23. The molecule has 18 heavy (non-hydrogen) atoms. The van der Waals surface area contributed by atoms with E-state index in [2.05, 4.69) is 16.0 Å². The van der Waals surface area contributed by atoms with Gasteiger partial charge in [-0.25, -0.2) is 0 Å². The van der Waals surface area contributed by atoms with Crippen LogP contribution in [0.4, 0.5) is 0 Å². The van der Waals surface area contributed by atoms with Crippen LogP contribution in [0.5, 0.6) is 0 Å². The number of hydrogen-bond donors (Lipinski definition) is 3. The van der Waals surface area contributed by atoms with E-state index in [1.54, 1.807) is 6.92 Å². The van der Waals surface area contributed by atoms with Crippen molar-refractivity contribution in [2.45, 2.75) is 52.1 Å². The minimum atomic E-state index is -0.472. The van der Waals surface area contributed by atoms with Crippen LogP contribution in [0.15, 0.2) is 0 Å². The van der Waals surface area contributed by atoms with Crippen molar-refractivity contribution < 1.29 is 9.59 Å². The molecule has 1 saturated heterocycles. The molecule has 0 spiro atoms. The predicted octanol–water partition coefficient (Wildman–Crippen LogP) is 0.405. The van der Waals surface area contributed by atoms with Gasteiger partial charge in [-0.05, 0) is 32.2 Å². The standard InChI is InChI=1S/C13H25N3O2/c1-9(2)8-15-12(17)10(3)16-13(18)11-6-4-5-7-14-11/h9-11,14H,4-8H2,1-3H3,(H,15,17)(H,16,18)/t10?,11-/m0/s1. The third kappa shape index (κ3) is 5.04. The summed E-state index contributed by atoms with van der Waals surface area (Å²) in [4.78, 5) is 23.6. The summed E-state index contributed by atoms with van der Waals surface area (Å²) in [6.07, 6.45) is 3.04. The molecule has 1 aliphatic heterocycles. The van der Waals surface area contributed by atoms with Gasteiger partial charge in [-0.1, -0.05) is 20.3 Å². The number of hydrogen-bond acceptors (Lipinski definition) is 3. The Kier molecular flexibility index (Phi) is 6.12. The second kappa shape index (κ2) is 7.36. The van der Waals surface area contributed by atoms with Gasteiger partial charge in [0.05, 0.1) is 6.04 Å². The van der Waals surface area contributed by atoms with Crippen molar-refractivity contribution in [2.75, 3.05) is 13.1 Å². The van der Waals surface area contributed by atoms with Gasteiger partial charge in [0.15, 0.2) is 0 Å². The predicted molar refractivity (Wildman–Crippen MR) is 71.1 cm³/mol. The summed E-state index contributed by atoms with van der Waals surface area (Å²) in [7, 11) is 0. The van der Waals surface area contributed by atoms with Gasteiger partial charge in [-0.2, -0.15) is 0 Å². The lowest BCUT2D eigenvalue weighted by atomic mass is 10.0. The van der Waals surface area contributed by atoms with Crippen LogP contribution in [-0.4, -0.2) is 37.0 Å². The fraction of sp³-hybridized carbons (Fsp3) is 0.846.